The average Bonchev–Trinajstić information content (AvgIpc) is 2.42. The standard InChI is InChI=1S/C13H20N4O/c14-5-10-17-8-3-12(4-9-17)16-13(18)11-1-6-15-7-2-11/h1-2,6-7,12H,3-5,8-10,14H2,(H,16,18). The van der Waals surface area contributed by atoms with Gasteiger partial charge in [0.25, 0.3) is 5.91 Å². The number of pyridine rings is 1. The number of aromatic nitrogens is 1. The van der Waals surface area contributed by atoms with E-state index in [4.69, 9.17) is 5.73 Å². The maximum Gasteiger partial charge on any atom is 0.251 e. The Hall–Kier alpha value is -1.46. The molecule has 1 aliphatic heterocycles. The summed E-state index contributed by atoms with van der Waals surface area (Å²) in [5, 5.41) is 3.07. The molecule has 0 atom stereocenters. The van der Waals surface area contributed by atoms with Crippen molar-refractivity contribution < 1.29 is 4.79 Å². The van der Waals surface area contributed by atoms with Crippen LogP contribution in [0.2, 0.25) is 0 Å². The smallest absolute Gasteiger partial charge is 0.251 e. The van der Waals surface area contributed by atoms with Gasteiger partial charge in [-0.1, -0.05) is 0 Å². The number of rotatable bonds is 4. The van der Waals surface area contributed by atoms with E-state index in [1.54, 1.807) is 24.5 Å². The molecule has 0 bridgehead atoms. The molecule has 1 aliphatic rings. The first-order valence-electron chi connectivity index (χ1n) is 6.43. The number of nitrogens with one attached hydrogen (secondary N) is 1. The van der Waals surface area contributed by atoms with E-state index >= 15 is 0 Å². The summed E-state index contributed by atoms with van der Waals surface area (Å²) in [5.41, 5.74) is 6.21. The van der Waals surface area contributed by atoms with Gasteiger partial charge in [0.05, 0.1) is 0 Å². The van der Waals surface area contributed by atoms with Crippen molar-refractivity contribution >= 4 is 5.91 Å². The molecule has 98 valence electrons. The minimum Gasteiger partial charge on any atom is -0.349 e. The highest BCUT2D eigenvalue weighted by Crippen LogP contribution is 2.10. The molecule has 1 amide bonds. The molecule has 2 rings (SSSR count). The average molecular weight is 248 g/mol. The zero-order chi connectivity index (χ0) is 12.8. The first-order valence-corrected chi connectivity index (χ1v) is 6.43. The van der Waals surface area contributed by atoms with Gasteiger partial charge in [0.1, 0.15) is 0 Å². The fourth-order valence-corrected chi connectivity index (χ4v) is 2.26. The van der Waals surface area contributed by atoms with Crippen LogP contribution in [0.1, 0.15) is 23.2 Å². The number of likely N-dealkylation sites (tertiary alicyclic amines) is 1. The van der Waals surface area contributed by atoms with Crippen molar-refractivity contribution in [2.24, 2.45) is 5.73 Å². The molecular weight excluding hydrogens is 228 g/mol. The van der Waals surface area contributed by atoms with E-state index in [1.807, 2.05) is 0 Å². The molecule has 0 spiro atoms. The molecule has 0 unspecified atom stereocenters. The van der Waals surface area contributed by atoms with Crippen LogP contribution in [0.15, 0.2) is 24.5 Å². The number of nitrogens with zero attached hydrogens (tertiary/aromatic N) is 2. The van der Waals surface area contributed by atoms with Crippen molar-refractivity contribution in [1.82, 2.24) is 15.2 Å². The molecule has 5 heteroatoms. The maximum absolute atomic E-state index is 11.9. The van der Waals surface area contributed by atoms with E-state index in [2.05, 4.69) is 15.2 Å². The van der Waals surface area contributed by atoms with Crippen LogP contribution in [0.3, 0.4) is 0 Å². The van der Waals surface area contributed by atoms with Gasteiger partial charge in [-0.15, -0.1) is 0 Å². The molecule has 2 heterocycles. The van der Waals surface area contributed by atoms with Crippen molar-refractivity contribution in [2.75, 3.05) is 26.2 Å². The molecule has 18 heavy (non-hydrogen) atoms. The first-order chi connectivity index (χ1) is 8.79. The molecular formula is C13H20N4O. The van der Waals surface area contributed by atoms with Gasteiger partial charge in [0.15, 0.2) is 0 Å². The largest absolute Gasteiger partial charge is 0.349 e. The van der Waals surface area contributed by atoms with Gasteiger partial charge < -0.3 is 16.0 Å². The quantitative estimate of drug-likeness (QED) is 0.800. The highest BCUT2D eigenvalue weighted by Gasteiger charge is 2.20. The van der Waals surface area contributed by atoms with E-state index in [1.165, 1.54) is 0 Å². The molecule has 0 aliphatic carbocycles. The minimum absolute atomic E-state index is 0.00493. The van der Waals surface area contributed by atoms with E-state index in [0.29, 0.717) is 12.1 Å². The van der Waals surface area contributed by atoms with Crippen molar-refractivity contribution in [3.63, 3.8) is 0 Å². The number of carbonyl (C=O) groups excluding carboxylic acids is 1. The van der Waals surface area contributed by atoms with Crippen LogP contribution in [0.5, 0.6) is 0 Å². The number of amides is 1. The number of nitrogens with two attached hydrogens (primary N) is 1. The lowest BCUT2D eigenvalue weighted by molar-refractivity contribution is 0.0912. The van der Waals surface area contributed by atoms with Crippen LogP contribution >= 0.6 is 0 Å². The number of hydrogen-bond acceptors (Lipinski definition) is 4. The third-order valence-corrected chi connectivity index (χ3v) is 3.31. The minimum atomic E-state index is -0.00493. The van der Waals surface area contributed by atoms with E-state index < -0.39 is 0 Å². The van der Waals surface area contributed by atoms with Gasteiger partial charge in [-0.25, -0.2) is 0 Å². The van der Waals surface area contributed by atoms with E-state index in [0.717, 1.165) is 32.5 Å². The topological polar surface area (TPSA) is 71.2 Å². The maximum atomic E-state index is 11.9. The van der Waals surface area contributed by atoms with Gasteiger partial charge in [-0.3, -0.25) is 9.78 Å². The Morgan fingerprint density at radius 2 is 2.06 bits per heavy atom. The van der Waals surface area contributed by atoms with Gasteiger partial charge in [-0.2, -0.15) is 0 Å². The highest BCUT2D eigenvalue weighted by atomic mass is 16.1. The molecule has 5 nitrogen and oxygen atoms in total. The number of carbonyl (C=O) groups is 1. The molecule has 1 saturated heterocycles. The Bertz CT molecular complexity index is 374. The zero-order valence-corrected chi connectivity index (χ0v) is 10.5. The van der Waals surface area contributed by atoms with Crippen LogP contribution in [-0.4, -0.2) is 48.0 Å². The van der Waals surface area contributed by atoms with Crippen LogP contribution in [0.25, 0.3) is 0 Å². The zero-order valence-electron chi connectivity index (χ0n) is 10.5. The third-order valence-electron chi connectivity index (χ3n) is 3.31. The molecule has 3 N–H and O–H groups in total. The molecule has 1 aromatic heterocycles. The van der Waals surface area contributed by atoms with Gasteiger partial charge >= 0.3 is 0 Å². The molecule has 1 fully saturated rings. The van der Waals surface area contributed by atoms with Gasteiger partial charge in [0, 0.05) is 50.2 Å². The fourth-order valence-electron chi connectivity index (χ4n) is 2.26. The van der Waals surface area contributed by atoms with Crippen LogP contribution in [0, 0.1) is 0 Å². The van der Waals surface area contributed by atoms with Crippen LogP contribution in [0.4, 0.5) is 0 Å². The SMILES string of the molecule is NCCN1CCC(NC(=O)c2ccncc2)CC1. The predicted octanol–water partition coefficient (Wildman–Crippen LogP) is 0.235. The van der Waals surface area contributed by atoms with Crippen LogP contribution < -0.4 is 11.1 Å². The van der Waals surface area contributed by atoms with Crippen molar-refractivity contribution in [2.45, 2.75) is 18.9 Å². The number of hydrogen-bond donors (Lipinski definition) is 2. The Kier molecular flexibility index (Phi) is 4.66. The highest BCUT2D eigenvalue weighted by molar-refractivity contribution is 5.94. The summed E-state index contributed by atoms with van der Waals surface area (Å²) in [6, 6.07) is 3.75. The Balaban J connectivity index is 1.80. The molecule has 0 radical (unpaired) electrons. The monoisotopic (exact) mass is 248 g/mol. The summed E-state index contributed by atoms with van der Waals surface area (Å²) in [6.07, 6.45) is 5.27. The molecule has 0 saturated carbocycles. The summed E-state index contributed by atoms with van der Waals surface area (Å²) in [4.78, 5) is 18.2. The van der Waals surface area contributed by atoms with Crippen LogP contribution in [-0.2, 0) is 0 Å². The fraction of sp³-hybridized carbons (Fsp3) is 0.538. The normalized spacial score (nSPS) is 17.6. The summed E-state index contributed by atoms with van der Waals surface area (Å²) in [5.74, 6) is -0.00493. The molecule has 1 aromatic rings. The lowest BCUT2D eigenvalue weighted by Crippen LogP contribution is -2.45. The third kappa shape index (κ3) is 3.51. The second kappa shape index (κ2) is 6.47. The molecule has 0 aromatic carbocycles. The van der Waals surface area contributed by atoms with Gasteiger partial charge in [-0.05, 0) is 25.0 Å². The second-order valence-electron chi connectivity index (χ2n) is 4.61. The van der Waals surface area contributed by atoms with E-state index in [9.17, 15) is 4.79 Å². The Morgan fingerprint density at radius 1 is 1.39 bits per heavy atom. The second-order valence-corrected chi connectivity index (χ2v) is 4.61. The van der Waals surface area contributed by atoms with Gasteiger partial charge in [0.2, 0.25) is 0 Å². The van der Waals surface area contributed by atoms with Crippen molar-refractivity contribution in [3.8, 4) is 0 Å². The lowest BCUT2D eigenvalue weighted by Gasteiger charge is -2.31. The van der Waals surface area contributed by atoms with Crippen molar-refractivity contribution in [1.29, 1.82) is 0 Å². The summed E-state index contributed by atoms with van der Waals surface area (Å²) >= 11 is 0. The lowest BCUT2D eigenvalue weighted by atomic mass is 10.0. The predicted molar refractivity (Wildman–Crippen MR) is 70.2 cm³/mol. The van der Waals surface area contributed by atoms with E-state index in [-0.39, 0.29) is 11.9 Å². The summed E-state index contributed by atoms with van der Waals surface area (Å²) in [6.45, 7) is 3.68. The van der Waals surface area contributed by atoms with Crippen molar-refractivity contribution in [3.05, 3.63) is 30.1 Å². The number of piperidine rings is 1. The first kappa shape index (κ1) is 13.0. The summed E-state index contributed by atoms with van der Waals surface area (Å²) < 4.78 is 0. The Labute approximate surface area is 107 Å². The summed E-state index contributed by atoms with van der Waals surface area (Å²) in [7, 11) is 0. The Morgan fingerprint density at radius 3 is 2.67 bits per heavy atom.